The maximum absolute atomic E-state index is 12.7. The van der Waals surface area contributed by atoms with E-state index in [0.717, 1.165) is 12.1 Å². The number of benzene rings is 1. The highest BCUT2D eigenvalue weighted by molar-refractivity contribution is 9.10. The van der Waals surface area contributed by atoms with Crippen LogP contribution in [-0.4, -0.2) is 4.98 Å². The van der Waals surface area contributed by atoms with Crippen molar-refractivity contribution in [1.29, 1.82) is 0 Å². The van der Waals surface area contributed by atoms with Crippen LogP contribution in [0.25, 0.3) is 0 Å². The van der Waals surface area contributed by atoms with Crippen LogP contribution in [-0.2, 0) is 6.18 Å². The highest BCUT2D eigenvalue weighted by Gasteiger charge is 2.30. The molecule has 106 valence electrons. The molecule has 8 heteroatoms. The van der Waals surface area contributed by atoms with Gasteiger partial charge in [0.15, 0.2) is 0 Å². The number of alkyl halides is 3. The maximum atomic E-state index is 12.7. The van der Waals surface area contributed by atoms with Crippen LogP contribution in [0.4, 0.5) is 36.2 Å². The summed E-state index contributed by atoms with van der Waals surface area (Å²) < 4.78 is 38.5. The Morgan fingerprint density at radius 3 is 2.40 bits per heavy atom. The van der Waals surface area contributed by atoms with Gasteiger partial charge < -0.3 is 16.8 Å². The monoisotopic (exact) mass is 346 g/mol. The first-order valence-electron chi connectivity index (χ1n) is 5.43. The summed E-state index contributed by atoms with van der Waals surface area (Å²) in [6.45, 7) is 0. The van der Waals surface area contributed by atoms with Crippen molar-refractivity contribution >= 4 is 38.9 Å². The summed E-state index contributed by atoms with van der Waals surface area (Å²) in [5, 5.41) is 2.76. The maximum Gasteiger partial charge on any atom is 0.416 e. The van der Waals surface area contributed by atoms with Gasteiger partial charge in [-0.15, -0.1) is 0 Å². The topological polar surface area (TPSA) is 77.0 Å². The molecule has 0 aliphatic heterocycles. The largest absolute Gasteiger partial charge is 0.416 e. The number of nitrogens with two attached hydrogens (primary N) is 2. The van der Waals surface area contributed by atoms with E-state index in [9.17, 15) is 13.2 Å². The molecule has 5 N–H and O–H groups in total. The van der Waals surface area contributed by atoms with Crippen LogP contribution in [0.5, 0.6) is 0 Å². The van der Waals surface area contributed by atoms with Gasteiger partial charge in [0.05, 0.1) is 16.9 Å². The summed E-state index contributed by atoms with van der Waals surface area (Å²) in [6.07, 6.45) is -4.41. The molecule has 2 aromatic rings. The van der Waals surface area contributed by atoms with Crippen molar-refractivity contribution < 1.29 is 13.2 Å². The Morgan fingerprint density at radius 2 is 1.80 bits per heavy atom. The van der Waals surface area contributed by atoms with Crippen LogP contribution >= 0.6 is 15.9 Å². The lowest BCUT2D eigenvalue weighted by Crippen LogP contribution is -2.06. The molecule has 0 aliphatic rings. The highest BCUT2D eigenvalue weighted by Crippen LogP contribution is 2.35. The number of aromatic nitrogens is 1. The Bertz CT molecular complexity index is 643. The average Bonchev–Trinajstić information content (AvgIpc) is 2.35. The van der Waals surface area contributed by atoms with Gasteiger partial charge in [0.25, 0.3) is 0 Å². The third-order valence-corrected chi connectivity index (χ3v) is 3.21. The summed E-state index contributed by atoms with van der Waals surface area (Å²) in [7, 11) is 0. The molecule has 0 unspecified atom stereocenters. The van der Waals surface area contributed by atoms with E-state index in [-0.39, 0.29) is 11.5 Å². The van der Waals surface area contributed by atoms with Crippen molar-refractivity contribution in [2.75, 3.05) is 16.8 Å². The summed E-state index contributed by atoms with van der Waals surface area (Å²) in [6, 6.07) is 6.33. The Balaban J connectivity index is 2.35. The molecular formula is C12H10BrF3N4. The average molecular weight is 347 g/mol. The third-order valence-electron chi connectivity index (χ3n) is 2.51. The molecule has 0 saturated heterocycles. The number of halogens is 4. The van der Waals surface area contributed by atoms with E-state index in [0.29, 0.717) is 16.0 Å². The quantitative estimate of drug-likeness (QED) is 0.773. The lowest BCUT2D eigenvalue weighted by atomic mass is 10.2. The zero-order valence-electron chi connectivity index (χ0n) is 10.0. The molecule has 0 saturated carbocycles. The number of hydrogen-bond acceptors (Lipinski definition) is 4. The predicted molar refractivity (Wildman–Crippen MR) is 75.5 cm³/mol. The lowest BCUT2D eigenvalue weighted by Gasteiger charge is -2.12. The molecule has 1 heterocycles. The number of nitrogens with zero attached hydrogens (tertiary/aromatic N) is 1. The van der Waals surface area contributed by atoms with Gasteiger partial charge in [0.1, 0.15) is 11.6 Å². The summed E-state index contributed by atoms with van der Waals surface area (Å²) in [5.74, 6) is 0.412. The second-order valence-corrected chi connectivity index (χ2v) is 4.84. The van der Waals surface area contributed by atoms with Gasteiger partial charge in [-0.1, -0.05) is 0 Å². The first-order chi connectivity index (χ1) is 9.27. The normalized spacial score (nSPS) is 11.4. The Kier molecular flexibility index (Phi) is 3.76. The number of rotatable bonds is 2. The number of hydrogen-bond donors (Lipinski definition) is 3. The van der Waals surface area contributed by atoms with Crippen LogP contribution in [0.15, 0.2) is 34.8 Å². The smallest absolute Gasteiger partial charge is 0.396 e. The second-order valence-electron chi connectivity index (χ2n) is 3.99. The van der Waals surface area contributed by atoms with Gasteiger partial charge in [-0.3, -0.25) is 0 Å². The van der Waals surface area contributed by atoms with Crippen molar-refractivity contribution in [1.82, 2.24) is 4.98 Å². The number of nitrogens with one attached hydrogen (secondary N) is 1. The molecule has 0 fully saturated rings. The van der Waals surface area contributed by atoms with Crippen LogP contribution < -0.4 is 16.8 Å². The molecule has 0 atom stereocenters. The molecule has 20 heavy (non-hydrogen) atoms. The minimum atomic E-state index is -4.41. The van der Waals surface area contributed by atoms with Crippen molar-refractivity contribution in [3.63, 3.8) is 0 Å². The van der Waals surface area contributed by atoms with E-state index in [2.05, 4.69) is 26.2 Å². The highest BCUT2D eigenvalue weighted by atomic mass is 79.9. The van der Waals surface area contributed by atoms with Crippen molar-refractivity contribution in [3.8, 4) is 0 Å². The summed E-state index contributed by atoms with van der Waals surface area (Å²) >= 11 is 3.17. The Morgan fingerprint density at radius 1 is 1.10 bits per heavy atom. The molecule has 0 spiro atoms. The zero-order valence-corrected chi connectivity index (χ0v) is 11.6. The third kappa shape index (κ3) is 3.13. The van der Waals surface area contributed by atoms with Gasteiger partial charge in [-0.05, 0) is 46.3 Å². The minimum absolute atomic E-state index is 0.109. The molecule has 0 radical (unpaired) electrons. The summed E-state index contributed by atoms with van der Waals surface area (Å²) in [5.41, 5.74) is 10.8. The molecule has 2 rings (SSSR count). The van der Waals surface area contributed by atoms with E-state index >= 15 is 0 Å². The molecule has 1 aromatic carbocycles. The van der Waals surface area contributed by atoms with Crippen molar-refractivity contribution in [2.24, 2.45) is 0 Å². The van der Waals surface area contributed by atoms with E-state index in [1.54, 1.807) is 0 Å². The number of nitrogen functional groups attached to an aromatic ring is 2. The van der Waals surface area contributed by atoms with Gasteiger partial charge in [-0.25, -0.2) is 4.98 Å². The van der Waals surface area contributed by atoms with Crippen LogP contribution in [0.3, 0.4) is 0 Å². The first-order valence-corrected chi connectivity index (χ1v) is 6.22. The summed E-state index contributed by atoms with van der Waals surface area (Å²) in [4.78, 5) is 3.94. The Hall–Kier alpha value is -1.96. The first kappa shape index (κ1) is 14.4. The van der Waals surface area contributed by atoms with Crippen LogP contribution in [0.1, 0.15) is 5.56 Å². The fraction of sp³-hybridized carbons (Fsp3) is 0.0833. The van der Waals surface area contributed by atoms with E-state index < -0.39 is 11.7 Å². The molecule has 0 amide bonds. The van der Waals surface area contributed by atoms with E-state index in [1.807, 2.05) is 0 Å². The van der Waals surface area contributed by atoms with Gasteiger partial charge in [-0.2, -0.15) is 13.2 Å². The zero-order chi connectivity index (χ0) is 14.9. The SMILES string of the molecule is Nc1ccc(Nc2cc(C(F)(F)F)ccc2Br)nc1N. The van der Waals surface area contributed by atoms with Crippen molar-refractivity contribution in [2.45, 2.75) is 6.18 Å². The fourth-order valence-electron chi connectivity index (χ4n) is 1.49. The van der Waals surface area contributed by atoms with E-state index in [4.69, 9.17) is 11.5 Å². The van der Waals surface area contributed by atoms with Crippen LogP contribution in [0.2, 0.25) is 0 Å². The van der Waals surface area contributed by atoms with Gasteiger partial charge in [0, 0.05) is 4.47 Å². The second kappa shape index (κ2) is 5.20. The lowest BCUT2D eigenvalue weighted by molar-refractivity contribution is -0.137. The van der Waals surface area contributed by atoms with Crippen molar-refractivity contribution in [3.05, 3.63) is 40.4 Å². The fourth-order valence-corrected chi connectivity index (χ4v) is 1.84. The van der Waals surface area contributed by atoms with E-state index in [1.165, 1.54) is 18.2 Å². The van der Waals surface area contributed by atoms with Gasteiger partial charge >= 0.3 is 6.18 Å². The minimum Gasteiger partial charge on any atom is -0.396 e. The molecule has 1 aromatic heterocycles. The Labute approximate surface area is 121 Å². The molecular weight excluding hydrogens is 337 g/mol. The number of pyridine rings is 1. The molecule has 0 bridgehead atoms. The van der Waals surface area contributed by atoms with Crippen LogP contribution in [0, 0.1) is 0 Å². The standard InChI is InChI=1S/C12H10BrF3N4/c13-7-2-1-6(12(14,15)16)5-9(7)19-10-4-3-8(17)11(18)20-10/h1-5H,17H2,(H3,18,19,20). The predicted octanol–water partition coefficient (Wildman–Crippen LogP) is 3.77. The molecule has 4 nitrogen and oxygen atoms in total. The molecule has 0 aliphatic carbocycles. The van der Waals surface area contributed by atoms with Gasteiger partial charge in [0.2, 0.25) is 0 Å². The number of anilines is 4.